The highest BCUT2D eigenvalue weighted by atomic mass is 127. The van der Waals surface area contributed by atoms with E-state index in [0.29, 0.717) is 5.92 Å². The lowest BCUT2D eigenvalue weighted by atomic mass is 10.2. The number of halogens is 1. The van der Waals surface area contributed by atoms with Gasteiger partial charge in [-0.15, -0.1) is 0 Å². The molecule has 54 valence electrons. The Balaban J connectivity index is 4.01. The molecule has 3 heteroatoms. The second-order valence-corrected chi connectivity index (χ2v) is 2.97. The number of nitrogens with zero attached hydrogens (tertiary/aromatic N) is 2. The summed E-state index contributed by atoms with van der Waals surface area (Å²) in [5.41, 5.74) is 0. The summed E-state index contributed by atoms with van der Waals surface area (Å²) in [6.45, 7) is 4.27. The molecule has 0 aromatic rings. The van der Waals surface area contributed by atoms with Gasteiger partial charge in [-0.05, 0) is 0 Å². The van der Waals surface area contributed by atoms with Crippen molar-refractivity contribution in [3.05, 3.63) is 0 Å². The summed E-state index contributed by atoms with van der Waals surface area (Å²) in [6.07, 6.45) is 0. The van der Waals surface area contributed by atoms with Gasteiger partial charge in [0.15, 0.2) is 0 Å². The van der Waals surface area contributed by atoms with E-state index in [1.54, 1.807) is 0 Å². The van der Waals surface area contributed by atoms with Crippen LogP contribution in [0.2, 0.25) is 0 Å². The zero-order valence-corrected chi connectivity index (χ0v) is 8.51. The molecule has 2 nitrogen and oxygen atoms in total. The third-order valence-electron chi connectivity index (χ3n) is 1.06. The van der Waals surface area contributed by atoms with Crippen molar-refractivity contribution in [2.75, 3.05) is 14.1 Å². The van der Waals surface area contributed by atoms with E-state index in [9.17, 15) is 0 Å². The summed E-state index contributed by atoms with van der Waals surface area (Å²) in [5, 5.41) is 0. The Bertz CT molecular complexity index is 97.6. The van der Waals surface area contributed by atoms with Crippen LogP contribution >= 0.6 is 22.9 Å². The molecule has 0 N–H and O–H groups in total. The molecule has 0 spiro atoms. The number of hydrogen-bond donors (Lipinski definition) is 0. The lowest BCUT2D eigenvalue weighted by Crippen LogP contribution is -2.25. The van der Waals surface area contributed by atoms with Crippen molar-refractivity contribution in [2.45, 2.75) is 13.8 Å². The molecule has 0 heterocycles. The first kappa shape index (κ1) is 9.20. The normalized spacial score (nSPS) is 12.4. The molecule has 0 aromatic heterocycles. The zero-order valence-electron chi connectivity index (χ0n) is 6.35. The summed E-state index contributed by atoms with van der Waals surface area (Å²) in [4.78, 5) is 2.04. The molecule has 0 aromatic carbocycles. The molecule has 0 unspecified atom stereocenters. The van der Waals surface area contributed by atoms with E-state index < -0.39 is 0 Å². The minimum atomic E-state index is 0.525. The van der Waals surface area contributed by atoms with Gasteiger partial charge in [-0.3, -0.25) is 0 Å². The summed E-state index contributed by atoms with van der Waals surface area (Å²) in [5.74, 6) is 1.66. The minimum absolute atomic E-state index is 0.525. The molecule has 0 atom stereocenters. The fourth-order valence-electron chi connectivity index (χ4n) is 0.690. The van der Waals surface area contributed by atoms with Crippen molar-refractivity contribution in [1.29, 1.82) is 0 Å². The molecular formula is C6H13IN2. The van der Waals surface area contributed by atoms with Gasteiger partial charge in [0.1, 0.15) is 5.84 Å². The third-order valence-corrected chi connectivity index (χ3v) is 1.56. The van der Waals surface area contributed by atoms with Crippen LogP contribution in [-0.4, -0.2) is 24.8 Å². The van der Waals surface area contributed by atoms with Gasteiger partial charge in [-0.25, -0.2) is 3.21 Å². The van der Waals surface area contributed by atoms with E-state index in [0.717, 1.165) is 5.84 Å². The Morgan fingerprint density at radius 3 is 1.89 bits per heavy atom. The van der Waals surface area contributed by atoms with Crippen LogP contribution in [0.25, 0.3) is 0 Å². The second kappa shape index (κ2) is 4.09. The lowest BCUT2D eigenvalue weighted by molar-refractivity contribution is 0.578. The smallest absolute Gasteiger partial charge is 0.113 e. The lowest BCUT2D eigenvalue weighted by Gasteiger charge is -2.16. The molecular weight excluding hydrogens is 227 g/mol. The van der Waals surface area contributed by atoms with Crippen LogP contribution in [0.4, 0.5) is 0 Å². The standard InChI is InChI=1S/C6H13IN2/c1-5(2)6(8-7)9(3)4/h5H,1-4H3/b8-6+. The van der Waals surface area contributed by atoms with Gasteiger partial charge >= 0.3 is 0 Å². The van der Waals surface area contributed by atoms with E-state index in [2.05, 4.69) is 17.1 Å². The van der Waals surface area contributed by atoms with Crippen LogP contribution in [0.1, 0.15) is 13.8 Å². The first-order valence-electron chi connectivity index (χ1n) is 2.95. The molecule has 0 bridgehead atoms. The number of hydrogen-bond acceptors (Lipinski definition) is 1. The highest BCUT2D eigenvalue weighted by molar-refractivity contribution is 14.1. The molecule has 0 radical (unpaired) electrons. The molecule has 0 aliphatic carbocycles. The van der Waals surface area contributed by atoms with Gasteiger partial charge < -0.3 is 4.90 Å². The van der Waals surface area contributed by atoms with Gasteiger partial charge in [0, 0.05) is 20.0 Å². The first-order valence-corrected chi connectivity index (χ1v) is 3.92. The Labute approximate surface area is 70.8 Å². The topological polar surface area (TPSA) is 15.6 Å². The van der Waals surface area contributed by atoms with Crippen LogP contribution < -0.4 is 0 Å². The van der Waals surface area contributed by atoms with E-state index in [-0.39, 0.29) is 0 Å². The van der Waals surface area contributed by atoms with Crippen molar-refractivity contribution in [1.82, 2.24) is 4.90 Å². The fraction of sp³-hybridized carbons (Fsp3) is 0.833. The Morgan fingerprint density at radius 1 is 1.44 bits per heavy atom. The zero-order chi connectivity index (χ0) is 7.44. The van der Waals surface area contributed by atoms with Crippen LogP contribution in [0.3, 0.4) is 0 Å². The van der Waals surface area contributed by atoms with Crippen LogP contribution in [-0.2, 0) is 0 Å². The molecule has 0 fully saturated rings. The third kappa shape index (κ3) is 3.03. The van der Waals surface area contributed by atoms with Crippen molar-refractivity contribution in [3.8, 4) is 0 Å². The SMILES string of the molecule is CC(C)/C(=N\I)N(C)C. The highest BCUT2D eigenvalue weighted by Gasteiger charge is 2.04. The van der Waals surface area contributed by atoms with E-state index in [1.807, 2.05) is 41.9 Å². The second-order valence-electron chi connectivity index (χ2n) is 2.49. The maximum atomic E-state index is 4.10. The van der Waals surface area contributed by atoms with Crippen LogP contribution in [0.15, 0.2) is 3.21 Å². The largest absolute Gasteiger partial charge is 0.366 e. The predicted molar refractivity (Wildman–Crippen MR) is 50.0 cm³/mol. The van der Waals surface area contributed by atoms with E-state index in [1.165, 1.54) is 0 Å². The van der Waals surface area contributed by atoms with E-state index in [4.69, 9.17) is 0 Å². The predicted octanol–water partition coefficient (Wildman–Crippen LogP) is 1.95. The number of amidine groups is 1. The van der Waals surface area contributed by atoms with Gasteiger partial charge in [-0.2, -0.15) is 0 Å². The molecule has 0 saturated heterocycles. The number of rotatable bonds is 1. The summed E-state index contributed by atoms with van der Waals surface area (Å²) in [7, 11) is 4.02. The molecule has 0 rings (SSSR count). The summed E-state index contributed by atoms with van der Waals surface area (Å²) < 4.78 is 4.10. The monoisotopic (exact) mass is 240 g/mol. The molecule has 0 aliphatic rings. The van der Waals surface area contributed by atoms with Gasteiger partial charge in [0.25, 0.3) is 0 Å². The Kier molecular flexibility index (Phi) is 4.18. The maximum Gasteiger partial charge on any atom is 0.113 e. The van der Waals surface area contributed by atoms with Crippen molar-refractivity contribution in [3.63, 3.8) is 0 Å². The Hall–Kier alpha value is 0.200. The maximum absolute atomic E-state index is 4.10. The fourth-order valence-corrected chi connectivity index (χ4v) is 1.68. The summed E-state index contributed by atoms with van der Waals surface area (Å²) >= 11 is 2.03. The Morgan fingerprint density at radius 2 is 1.89 bits per heavy atom. The van der Waals surface area contributed by atoms with Gasteiger partial charge in [0.05, 0.1) is 22.9 Å². The van der Waals surface area contributed by atoms with Crippen molar-refractivity contribution in [2.24, 2.45) is 9.12 Å². The first-order chi connectivity index (χ1) is 4.09. The molecule has 0 amide bonds. The molecule has 0 saturated carbocycles. The van der Waals surface area contributed by atoms with Gasteiger partial charge in [0.2, 0.25) is 0 Å². The molecule has 9 heavy (non-hydrogen) atoms. The average Bonchev–Trinajstić information content (AvgIpc) is 1.64. The van der Waals surface area contributed by atoms with Crippen molar-refractivity contribution >= 4 is 28.7 Å². The minimum Gasteiger partial charge on any atom is -0.366 e. The average molecular weight is 240 g/mol. The van der Waals surface area contributed by atoms with Crippen LogP contribution in [0, 0.1) is 5.92 Å². The summed E-state index contributed by atoms with van der Waals surface area (Å²) in [6, 6.07) is 0. The quantitative estimate of drug-likeness (QED) is 0.388. The molecule has 0 aliphatic heterocycles. The van der Waals surface area contributed by atoms with Crippen molar-refractivity contribution < 1.29 is 0 Å². The highest BCUT2D eigenvalue weighted by Crippen LogP contribution is 2.02. The van der Waals surface area contributed by atoms with Gasteiger partial charge in [-0.1, -0.05) is 13.8 Å². The van der Waals surface area contributed by atoms with Crippen LogP contribution in [0.5, 0.6) is 0 Å². The van der Waals surface area contributed by atoms with E-state index >= 15 is 0 Å².